The number of hydrogen-bond donors (Lipinski definition) is 0. The van der Waals surface area contributed by atoms with Crippen molar-refractivity contribution < 1.29 is 19.1 Å². The van der Waals surface area contributed by atoms with Gasteiger partial charge in [0, 0.05) is 7.05 Å². The molecule has 1 aliphatic rings. The van der Waals surface area contributed by atoms with E-state index in [0.29, 0.717) is 23.0 Å². The Kier molecular flexibility index (Phi) is 5.87. The zero-order chi connectivity index (χ0) is 18.7. The lowest BCUT2D eigenvalue weighted by atomic mass is 10.1. The summed E-state index contributed by atoms with van der Waals surface area (Å²) in [5, 5.41) is -0.272. The summed E-state index contributed by atoms with van der Waals surface area (Å²) >= 11 is 3.11. The first-order chi connectivity index (χ1) is 12.5. The van der Waals surface area contributed by atoms with Crippen molar-refractivity contribution in [1.82, 2.24) is 4.90 Å². The van der Waals surface area contributed by atoms with Crippen LogP contribution in [0.25, 0.3) is 6.08 Å². The fourth-order valence-corrected chi connectivity index (χ4v) is 4.00. The number of thioether (sulfide) groups is 1. The third-order valence-corrected chi connectivity index (χ3v) is 5.52. The highest BCUT2D eigenvalue weighted by atomic mass is 127. The number of nitrogens with zero attached hydrogens (tertiary/aromatic N) is 1. The molecule has 0 saturated carbocycles. The molecule has 0 aromatic heterocycles. The molecule has 0 radical (unpaired) electrons. The number of hydrogen-bond acceptors (Lipinski definition) is 5. The maximum atomic E-state index is 12.0. The third kappa shape index (κ3) is 4.04. The molecule has 0 aliphatic carbocycles. The monoisotopic (exact) mass is 481 g/mol. The first-order valence-electron chi connectivity index (χ1n) is 7.75. The first kappa shape index (κ1) is 18.8. The highest BCUT2D eigenvalue weighted by molar-refractivity contribution is 14.1. The summed E-state index contributed by atoms with van der Waals surface area (Å²) in [6.45, 7) is 0.432. The van der Waals surface area contributed by atoms with Crippen LogP contribution in [0.4, 0.5) is 4.79 Å². The lowest BCUT2D eigenvalue weighted by Gasteiger charge is -2.14. The summed E-state index contributed by atoms with van der Waals surface area (Å²) < 4.78 is 12.3. The molecule has 0 bridgehead atoms. The van der Waals surface area contributed by atoms with E-state index >= 15 is 0 Å². The number of methoxy groups -OCH3 is 1. The Morgan fingerprint density at radius 3 is 2.54 bits per heavy atom. The quantitative estimate of drug-likeness (QED) is 0.464. The summed E-state index contributed by atoms with van der Waals surface area (Å²) in [7, 11) is 3.05. The van der Waals surface area contributed by atoms with Gasteiger partial charge in [0.25, 0.3) is 11.1 Å². The Morgan fingerprint density at radius 1 is 1.19 bits per heavy atom. The van der Waals surface area contributed by atoms with Gasteiger partial charge in [-0.05, 0) is 63.7 Å². The minimum atomic E-state index is -0.293. The minimum absolute atomic E-state index is 0.272. The Morgan fingerprint density at radius 2 is 1.92 bits per heavy atom. The van der Waals surface area contributed by atoms with Crippen LogP contribution in [0.3, 0.4) is 0 Å². The molecule has 5 nitrogen and oxygen atoms in total. The van der Waals surface area contributed by atoms with Gasteiger partial charge in [-0.1, -0.05) is 30.3 Å². The molecule has 0 N–H and O–H groups in total. The molecular formula is C19H16INO4S. The molecule has 0 unspecified atom stereocenters. The number of benzene rings is 2. The van der Waals surface area contributed by atoms with Gasteiger partial charge in [0.05, 0.1) is 15.6 Å². The summed E-state index contributed by atoms with van der Waals surface area (Å²) in [5.41, 5.74) is 1.84. The van der Waals surface area contributed by atoms with E-state index in [4.69, 9.17) is 9.47 Å². The van der Waals surface area contributed by atoms with Crippen LogP contribution in [0.2, 0.25) is 0 Å². The molecule has 134 valence electrons. The molecule has 1 fully saturated rings. The predicted octanol–water partition coefficient (Wildman–Crippen LogP) is 4.54. The number of likely N-dealkylation sites (N-methyl/N-ethyl adjacent to an activating group) is 1. The molecule has 0 spiro atoms. The van der Waals surface area contributed by atoms with Crippen LogP contribution in [-0.2, 0) is 11.4 Å². The smallest absolute Gasteiger partial charge is 0.293 e. The number of amides is 2. The number of imide groups is 1. The molecule has 0 atom stereocenters. The topological polar surface area (TPSA) is 55.8 Å². The van der Waals surface area contributed by atoms with Crippen LogP contribution >= 0.6 is 34.4 Å². The normalized spacial score (nSPS) is 15.7. The van der Waals surface area contributed by atoms with Crippen molar-refractivity contribution in [3.05, 3.63) is 62.1 Å². The van der Waals surface area contributed by atoms with Crippen molar-refractivity contribution >= 4 is 51.6 Å². The molecule has 3 rings (SSSR count). The maximum absolute atomic E-state index is 12.0. The number of rotatable bonds is 5. The van der Waals surface area contributed by atoms with Gasteiger partial charge in [0.1, 0.15) is 6.61 Å². The molecule has 2 amide bonds. The van der Waals surface area contributed by atoms with Crippen molar-refractivity contribution in [2.45, 2.75) is 6.61 Å². The highest BCUT2D eigenvalue weighted by Gasteiger charge is 2.31. The highest BCUT2D eigenvalue weighted by Crippen LogP contribution is 2.37. The molecular weight excluding hydrogens is 465 g/mol. The zero-order valence-corrected chi connectivity index (χ0v) is 17.2. The lowest BCUT2D eigenvalue weighted by molar-refractivity contribution is -0.121. The summed E-state index contributed by atoms with van der Waals surface area (Å²) in [6, 6.07) is 13.6. The molecule has 1 aliphatic heterocycles. The number of ether oxygens (including phenoxy) is 2. The molecule has 1 heterocycles. The van der Waals surface area contributed by atoms with Gasteiger partial charge in [-0.2, -0.15) is 0 Å². The van der Waals surface area contributed by atoms with E-state index in [0.717, 1.165) is 31.4 Å². The number of halogens is 1. The van der Waals surface area contributed by atoms with E-state index in [9.17, 15) is 9.59 Å². The molecule has 2 aromatic carbocycles. The fraction of sp³-hybridized carbons (Fsp3) is 0.158. The molecule has 1 saturated heterocycles. The fourth-order valence-electron chi connectivity index (χ4n) is 2.39. The van der Waals surface area contributed by atoms with Crippen LogP contribution in [0.1, 0.15) is 11.1 Å². The van der Waals surface area contributed by atoms with E-state index in [1.54, 1.807) is 19.3 Å². The summed E-state index contributed by atoms with van der Waals surface area (Å²) in [6.07, 6.45) is 1.69. The maximum Gasteiger partial charge on any atom is 0.293 e. The van der Waals surface area contributed by atoms with Gasteiger partial charge < -0.3 is 9.47 Å². The van der Waals surface area contributed by atoms with Crippen LogP contribution < -0.4 is 9.47 Å². The number of carbonyl (C=O) groups excluding carboxylic acids is 2. The van der Waals surface area contributed by atoms with E-state index in [2.05, 4.69) is 22.6 Å². The zero-order valence-electron chi connectivity index (χ0n) is 14.2. The van der Waals surface area contributed by atoms with E-state index in [1.165, 1.54) is 7.05 Å². The first-order valence-corrected chi connectivity index (χ1v) is 9.65. The Balaban J connectivity index is 1.86. The van der Waals surface area contributed by atoms with Crippen LogP contribution in [-0.4, -0.2) is 30.2 Å². The molecule has 7 heteroatoms. The van der Waals surface area contributed by atoms with Crippen molar-refractivity contribution in [1.29, 1.82) is 0 Å². The van der Waals surface area contributed by atoms with Gasteiger partial charge >= 0.3 is 0 Å². The third-order valence-electron chi connectivity index (χ3n) is 3.76. The largest absolute Gasteiger partial charge is 0.493 e. The van der Waals surface area contributed by atoms with Crippen molar-refractivity contribution in [3.8, 4) is 11.5 Å². The van der Waals surface area contributed by atoms with Crippen molar-refractivity contribution in [2.75, 3.05) is 14.2 Å². The summed E-state index contributed by atoms with van der Waals surface area (Å²) in [5.74, 6) is 0.936. The number of carbonyl (C=O) groups is 2. The van der Waals surface area contributed by atoms with E-state index < -0.39 is 0 Å². The van der Waals surface area contributed by atoms with Crippen molar-refractivity contribution in [3.63, 3.8) is 0 Å². The Bertz CT molecular complexity index is 883. The second-order valence-electron chi connectivity index (χ2n) is 5.55. The Labute approximate surface area is 169 Å². The van der Waals surface area contributed by atoms with Gasteiger partial charge in [-0.15, -0.1) is 0 Å². The standard InChI is InChI=1S/C19H16INO4S/c1-21-18(22)16(26-19(21)23)10-13-8-14(20)17(15(9-13)24-2)25-11-12-6-4-3-5-7-12/h3-10H,11H2,1-2H3/b16-10-. The summed E-state index contributed by atoms with van der Waals surface area (Å²) in [4.78, 5) is 25.2. The predicted molar refractivity (Wildman–Crippen MR) is 110 cm³/mol. The second kappa shape index (κ2) is 8.13. The minimum Gasteiger partial charge on any atom is -0.493 e. The van der Waals surface area contributed by atoms with Crippen LogP contribution in [0, 0.1) is 3.57 Å². The van der Waals surface area contributed by atoms with Crippen LogP contribution in [0.5, 0.6) is 11.5 Å². The van der Waals surface area contributed by atoms with Gasteiger partial charge in [0.15, 0.2) is 11.5 Å². The van der Waals surface area contributed by atoms with Gasteiger partial charge in [-0.3, -0.25) is 14.5 Å². The Hall–Kier alpha value is -2.00. The van der Waals surface area contributed by atoms with Crippen LogP contribution in [0.15, 0.2) is 47.4 Å². The lowest BCUT2D eigenvalue weighted by Crippen LogP contribution is -2.22. The van der Waals surface area contributed by atoms with Crippen molar-refractivity contribution in [2.24, 2.45) is 0 Å². The molecule has 2 aromatic rings. The molecule has 26 heavy (non-hydrogen) atoms. The second-order valence-corrected chi connectivity index (χ2v) is 7.70. The SMILES string of the molecule is COc1cc(/C=C2\SC(=O)N(C)C2=O)cc(I)c1OCc1ccccc1. The average molecular weight is 481 g/mol. The van der Waals surface area contributed by atoms with E-state index in [1.807, 2.05) is 36.4 Å². The average Bonchev–Trinajstić information content (AvgIpc) is 2.88. The van der Waals surface area contributed by atoms with Gasteiger partial charge in [0.2, 0.25) is 0 Å². The van der Waals surface area contributed by atoms with Gasteiger partial charge in [-0.25, -0.2) is 0 Å². The van der Waals surface area contributed by atoms with E-state index in [-0.39, 0.29) is 11.1 Å².